The number of hydrogen-bond donors (Lipinski definition) is 1. The standard InChI is InChI=1S/C14H19N3S/c1-9-6-5-7-12(8-9)17(4)14-16-11(3)13(18-14)10(2)15/h5-8,10H,15H2,1-4H3. The van der Waals surface area contributed by atoms with Crippen molar-refractivity contribution >= 4 is 22.2 Å². The molecule has 0 radical (unpaired) electrons. The third kappa shape index (κ3) is 2.54. The van der Waals surface area contributed by atoms with Crippen molar-refractivity contribution in [2.45, 2.75) is 26.8 Å². The summed E-state index contributed by atoms with van der Waals surface area (Å²) in [6.45, 7) is 6.11. The fourth-order valence-electron chi connectivity index (χ4n) is 1.91. The first kappa shape index (κ1) is 13.1. The minimum absolute atomic E-state index is 0.0437. The van der Waals surface area contributed by atoms with Gasteiger partial charge >= 0.3 is 0 Å². The zero-order valence-electron chi connectivity index (χ0n) is 11.3. The van der Waals surface area contributed by atoms with Crippen LogP contribution in [0.25, 0.3) is 0 Å². The molecule has 0 saturated heterocycles. The van der Waals surface area contributed by atoms with Crippen molar-refractivity contribution in [3.63, 3.8) is 0 Å². The molecule has 0 aliphatic carbocycles. The van der Waals surface area contributed by atoms with Gasteiger partial charge in [-0.1, -0.05) is 23.5 Å². The van der Waals surface area contributed by atoms with Crippen LogP contribution in [0, 0.1) is 13.8 Å². The molecule has 1 aromatic heterocycles. The predicted octanol–water partition coefficient (Wildman–Crippen LogP) is 3.55. The van der Waals surface area contributed by atoms with Gasteiger partial charge in [0.25, 0.3) is 0 Å². The van der Waals surface area contributed by atoms with Gasteiger partial charge in [-0.15, -0.1) is 0 Å². The molecule has 0 bridgehead atoms. The van der Waals surface area contributed by atoms with Crippen LogP contribution in [-0.4, -0.2) is 12.0 Å². The van der Waals surface area contributed by atoms with Crippen molar-refractivity contribution in [3.8, 4) is 0 Å². The van der Waals surface area contributed by atoms with Crippen LogP contribution in [0.4, 0.5) is 10.8 Å². The number of thiazole rings is 1. The van der Waals surface area contributed by atoms with Crippen LogP contribution in [0.5, 0.6) is 0 Å². The molecule has 0 saturated carbocycles. The highest BCUT2D eigenvalue weighted by atomic mass is 32.1. The van der Waals surface area contributed by atoms with E-state index in [9.17, 15) is 0 Å². The van der Waals surface area contributed by atoms with Gasteiger partial charge in [0.05, 0.1) is 5.69 Å². The predicted molar refractivity (Wildman–Crippen MR) is 78.7 cm³/mol. The van der Waals surface area contributed by atoms with Crippen LogP contribution >= 0.6 is 11.3 Å². The number of aryl methyl sites for hydroxylation is 2. The zero-order chi connectivity index (χ0) is 13.3. The first-order chi connectivity index (χ1) is 8.49. The van der Waals surface area contributed by atoms with Crippen molar-refractivity contribution in [1.82, 2.24) is 4.98 Å². The average Bonchev–Trinajstić information content (AvgIpc) is 2.70. The zero-order valence-corrected chi connectivity index (χ0v) is 12.1. The summed E-state index contributed by atoms with van der Waals surface area (Å²) in [7, 11) is 2.04. The van der Waals surface area contributed by atoms with E-state index in [-0.39, 0.29) is 6.04 Å². The normalized spacial score (nSPS) is 12.5. The van der Waals surface area contributed by atoms with Crippen LogP contribution in [-0.2, 0) is 0 Å². The highest BCUT2D eigenvalue weighted by Crippen LogP contribution is 2.32. The second-order valence-electron chi connectivity index (χ2n) is 4.63. The van der Waals surface area contributed by atoms with Gasteiger partial charge in [-0.25, -0.2) is 4.98 Å². The van der Waals surface area contributed by atoms with E-state index in [1.807, 2.05) is 20.9 Å². The maximum Gasteiger partial charge on any atom is 0.190 e. The summed E-state index contributed by atoms with van der Waals surface area (Å²) in [5, 5.41) is 0.991. The summed E-state index contributed by atoms with van der Waals surface area (Å²) >= 11 is 1.67. The Kier molecular flexibility index (Phi) is 3.68. The second kappa shape index (κ2) is 5.08. The first-order valence-corrected chi connectivity index (χ1v) is 6.84. The molecule has 1 unspecified atom stereocenters. The topological polar surface area (TPSA) is 42.2 Å². The molecule has 4 heteroatoms. The number of benzene rings is 1. The molecule has 0 spiro atoms. The van der Waals surface area contributed by atoms with Crippen LogP contribution in [0.1, 0.15) is 29.1 Å². The van der Waals surface area contributed by atoms with Crippen molar-refractivity contribution in [3.05, 3.63) is 40.4 Å². The Morgan fingerprint density at radius 2 is 2.06 bits per heavy atom. The molecule has 3 nitrogen and oxygen atoms in total. The van der Waals surface area contributed by atoms with E-state index in [2.05, 4.69) is 41.1 Å². The third-order valence-corrected chi connectivity index (χ3v) is 4.35. The van der Waals surface area contributed by atoms with Gasteiger partial charge in [0.1, 0.15) is 0 Å². The minimum Gasteiger partial charge on any atom is -0.323 e. The lowest BCUT2D eigenvalue weighted by molar-refractivity contribution is 0.825. The molecule has 2 aromatic rings. The second-order valence-corrected chi connectivity index (χ2v) is 5.64. The van der Waals surface area contributed by atoms with Gasteiger partial charge in [0.2, 0.25) is 0 Å². The SMILES string of the molecule is Cc1cccc(N(C)c2nc(C)c(C(C)N)s2)c1. The van der Waals surface area contributed by atoms with E-state index >= 15 is 0 Å². The maximum atomic E-state index is 5.94. The van der Waals surface area contributed by atoms with Gasteiger partial charge < -0.3 is 10.6 Å². The molecule has 0 aliphatic heterocycles. The smallest absolute Gasteiger partial charge is 0.190 e. The van der Waals surface area contributed by atoms with E-state index in [1.54, 1.807) is 11.3 Å². The summed E-state index contributed by atoms with van der Waals surface area (Å²) < 4.78 is 0. The van der Waals surface area contributed by atoms with E-state index in [1.165, 1.54) is 5.56 Å². The van der Waals surface area contributed by atoms with Gasteiger partial charge in [-0.2, -0.15) is 0 Å². The summed E-state index contributed by atoms with van der Waals surface area (Å²) in [5.74, 6) is 0. The summed E-state index contributed by atoms with van der Waals surface area (Å²) in [6.07, 6.45) is 0. The molecule has 0 amide bonds. The lowest BCUT2D eigenvalue weighted by atomic mass is 10.2. The van der Waals surface area contributed by atoms with Crippen LogP contribution in [0.15, 0.2) is 24.3 Å². The monoisotopic (exact) mass is 261 g/mol. The largest absolute Gasteiger partial charge is 0.323 e. The van der Waals surface area contributed by atoms with Gasteiger partial charge in [0, 0.05) is 23.7 Å². The molecule has 1 heterocycles. The fraction of sp³-hybridized carbons (Fsp3) is 0.357. The Morgan fingerprint density at radius 1 is 1.33 bits per heavy atom. The highest BCUT2D eigenvalue weighted by molar-refractivity contribution is 7.15. The summed E-state index contributed by atoms with van der Waals surface area (Å²) in [6, 6.07) is 8.45. The Bertz CT molecular complexity index is 546. The third-order valence-electron chi connectivity index (χ3n) is 2.91. The van der Waals surface area contributed by atoms with E-state index < -0.39 is 0 Å². The van der Waals surface area contributed by atoms with Crippen molar-refractivity contribution in [2.24, 2.45) is 5.73 Å². The fourth-order valence-corrected chi connectivity index (χ4v) is 2.91. The number of nitrogens with two attached hydrogens (primary N) is 1. The van der Waals surface area contributed by atoms with Crippen LogP contribution in [0.3, 0.4) is 0 Å². The lowest BCUT2D eigenvalue weighted by Gasteiger charge is -2.16. The molecule has 2 rings (SSSR count). The van der Waals surface area contributed by atoms with Crippen molar-refractivity contribution < 1.29 is 0 Å². The number of nitrogens with zero attached hydrogens (tertiary/aromatic N) is 2. The van der Waals surface area contributed by atoms with Crippen LogP contribution in [0.2, 0.25) is 0 Å². The van der Waals surface area contributed by atoms with E-state index in [0.717, 1.165) is 21.4 Å². The quantitative estimate of drug-likeness (QED) is 0.918. The number of rotatable bonds is 3. The van der Waals surface area contributed by atoms with Gasteiger partial charge in [0.15, 0.2) is 5.13 Å². The maximum absolute atomic E-state index is 5.94. The number of anilines is 2. The highest BCUT2D eigenvalue weighted by Gasteiger charge is 2.14. The Balaban J connectivity index is 2.34. The Hall–Kier alpha value is -1.39. The molecule has 0 aliphatic rings. The molecule has 1 atom stereocenters. The molecular formula is C14H19N3S. The molecule has 1 aromatic carbocycles. The number of hydrogen-bond acceptors (Lipinski definition) is 4. The molecule has 0 fully saturated rings. The Morgan fingerprint density at radius 3 is 2.61 bits per heavy atom. The minimum atomic E-state index is 0.0437. The molecule has 2 N–H and O–H groups in total. The number of aromatic nitrogens is 1. The lowest BCUT2D eigenvalue weighted by Crippen LogP contribution is -2.08. The van der Waals surface area contributed by atoms with Crippen LogP contribution < -0.4 is 10.6 Å². The van der Waals surface area contributed by atoms with Gasteiger partial charge in [-0.05, 0) is 38.5 Å². The van der Waals surface area contributed by atoms with Crippen molar-refractivity contribution in [2.75, 3.05) is 11.9 Å². The Labute approximate surface area is 112 Å². The average molecular weight is 261 g/mol. The summed E-state index contributed by atoms with van der Waals surface area (Å²) in [5.41, 5.74) is 9.38. The molecule has 96 valence electrons. The first-order valence-electron chi connectivity index (χ1n) is 6.02. The van der Waals surface area contributed by atoms with E-state index in [0.29, 0.717) is 0 Å². The van der Waals surface area contributed by atoms with E-state index in [4.69, 9.17) is 5.73 Å². The summed E-state index contributed by atoms with van der Waals surface area (Å²) in [4.78, 5) is 7.87. The van der Waals surface area contributed by atoms with Gasteiger partial charge in [-0.3, -0.25) is 0 Å². The van der Waals surface area contributed by atoms with Crippen molar-refractivity contribution in [1.29, 1.82) is 0 Å². The molecule has 18 heavy (non-hydrogen) atoms. The molecular weight excluding hydrogens is 242 g/mol.